The molecule has 0 radical (unpaired) electrons. The zero-order valence-electron chi connectivity index (χ0n) is 12.0. The van der Waals surface area contributed by atoms with Crippen molar-refractivity contribution in [2.75, 3.05) is 26.7 Å². The molecule has 1 aliphatic heterocycles. The van der Waals surface area contributed by atoms with Gasteiger partial charge in [-0.2, -0.15) is 0 Å². The highest BCUT2D eigenvalue weighted by Gasteiger charge is 2.10. The predicted molar refractivity (Wildman–Crippen MR) is 85.9 cm³/mol. The highest BCUT2D eigenvalue weighted by Crippen LogP contribution is 2.16. The van der Waals surface area contributed by atoms with Crippen molar-refractivity contribution in [2.45, 2.75) is 19.3 Å². The smallest absolute Gasteiger partial charge is 0.0817 e. The van der Waals surface area contributed by atoms with Gasteiger partial charge in [0.15, 0.2) is 0 Å². The molecule has 0 amide bonds. The molecule has 0 aromatic heterocycles. The summed E-state index contributed by atoms with van der Waals surface area (Å²) in [6.07, 6.45) is 9.78. The topological polar surface area (TPSA) is 12.5 Å². The van der Waals surface area contributed by atoms with Crippen LogP contribution in [0.5, 0.6) is 0 Å². The molecule has 108 valence electrons. The Morgan fingerprint density at radius 1 is 1.20 bits per heavy atom. The minimum absolute atomic E-state index is 0.784. The molecule has 0 bridgehead atoms. The quantitative estimate of drug-likeness (QED) is 0.764. The van der Waals surface area contributed by atoms with Crippen LogP contribution in [0.15, 0.2) is 42.2 Å². The summed E-state index contributed by atoms with van der Waals surface area (Å²) in [4.78, 5) is 2.49. The Morgan fingerprint density at radius 3 is 2.75 bits per heavy atom. The van der Waals surface area contributed by atoms with Gasteiger partial charge in [-0.3, -0.25) is 4.90 Å². The van der Waals surface area contributed by atoms with Crippen LogP contribution in [-0.2, 0) is 4.74 Å². The van der Waals surface area contributed by atoms with Crippen LogP contribution in [0, 0.1) is 0 Å². The second-order valence-corrected chi connectivity index (χ2v) is 5.56. The lowest BCUT2D eigenvalue weighted by molar-refractivity contribution is 0.315. The van der Waals surface area contributed by atoms with Gasteiger partial charge in [-0.1, -0.05) is 35.9 Å². The number of nitrogens with zero attached hydrogens (tertiary/aromatic N) is 1. The summed E-state index contributed by atoms with van der Waals surface area (Å²) in [6, 6.07) is 7.94. The first-order valence-electron chi connectivity index (χ1n) is 7.13. The molecule has 1 saturated heterocycles. The normalized spacial score (nSPS) is 19.4. The van der Waals surface area contributed by atoms with Gasteiger partial charge in [0.05, 0.1) is 13.4 Å². The van der Waals surface area contributed by atoms with Crippen molar-refractivity contribution in [3.8, 4) is 0 Å². The van der Waals surface area contributed by atoms with Gasteiger partial charge in [-0.25, -0.2) is 0 Å². The van der Waals surface area contributed by atoms with Crippen LogP contribution >= 0.6 is 11.6 Å². The SMILES string of the molecule is CO/C=C1/CCCN(C/C=C/c2ccc(Cl)cc2)CC1. The Labute approximate surface area is 126 Å². The van der Waals surface area contributed by atoms with Crippen LogP contribution < -0.4 is 0 Å². The summed E-state index contributed by atoms with van der Waals surface area (Å²) >= 11 is 5.88. The van der Waals surface area contributed by atoms with Crippen molar-refractivity contribution >= 4 is 17.7 Å². The number of hydrogen-bond donors (Lipinski definition) is 0. The maximum absolute atomic E-state index is 5.88. The second kappa shape index (κ2) is 8.13. The van der Waals surface area contributed by atoms with Gasteiger partial charge in [0.2, 0.25) is 0 Å². The predicted octanol–water partition coefficient (Wildman–Crippen LogP) is 4.37. The standard InChI is InChI=1S/C17H22ClNO/c1-20-14-16-5-3-12-19(13-10-16)11-2-4-15-6-8-17(18)9-7-15/h2,4,6-9,14H,3,5,10-13H2,1H3/b4-2+,16-14-. The van der Waals surface area contributed by atoms with Crippen molar-refractivity contribution < 1.29 is 4.74 Å². The third kappa shape index (κ3) is 5.03. The van der Waals surface area contributed by atoms with Gasteiger partial charge < -0.3 is 4.74 Å². The summed E-state index contributed by atoms with van der Waals surface area (Å²) in [5.41, 5.74) is 2.63. The Balaban J connectivity index is 1.82. The average molecular weight is 292 g/mol. The van der Waals surface area contributed by atoms with Crippen LogP contribution in [0.2, 0.25) is 5.02 Å². The third-order valence-corrected chi connectivity index (χ3v) is 3.80. The van der Waals surface area contributed by atoms with Crippen LogP contribution in [0.1, 0.15) is 24.8 Å². The Hall–Kier alpha value is -1.25. The van der Waals surface area contributed by atoms with Crippen LogP contribution in [0.25, 0.3) is 6.08 Å². The van der Waals surface area contributed by atoms with Crippen molar-refractivity contribution in [2.24, 2.45) is 0 Å². The molecule has 0 unspecified atom stereocenters. The molecule has 3 heteroatoms. The molecular weight excluding hydrogens is 270 g/mol. The Morgan fingerprint density at radius 2 is 2.00 bits per heavy atom. The molecule has 0 saturated carbocycles. The Bertz CT molecular complexity index is 464. The summed E-state index contributed by atoms with van der Waals surface area (Å²) in [7, 11) is 1.73. The van der Waals surface area contributed by atoms with E-state index >= 15 is 0 Å². The van der Waals surface area contributed by atoms with E-state index < -0.39 is 0 Å². The first-order chi connectivity index (χ1) is 9.78. The lowest BCUT2D eigenvalue weighted by atomic mass is 10.1. The molecule has 1 aliphatic rings. The molecule has 0 aliphatic carbocycles. The molecule has 1 aromatic rings. The zero-order chi connectivity index (χ0) is 14.2. The van der Waals surface area contributed by atoms with Gasteiger partial charge >= 0.3 is 0 Å². The van der Waals surface area contributed by atoms with Crippen molar-refractivity contribution in [1.82, 2.24) is 4.90 Å². The monoisotopic (exact) mass is 291 g/mol. The van der Waals surface area contributed by atoms with E-state index in [-0.39, 0.29) is 0 Å². The summed E-state index contributed by atoms with van der Waals surface area (Å²) < 4.78 is 5.12. The maximum atomic E-state index is 5.88. The molecule has 2 rings (SSSR count). The van der Waals surface area contributed by atoms with E-state index in [2.05, 4.69) is 17.1 Å². The fourth-order valence-electron chi connectivity index (χ4n) is 2.45. The number of likely N-dealkylation sites (tertiary alicyclic amines) is 1. The zero-order valence-corrected chi connectivity index (χ0v) is 12.8. The van der Waals surface area contributed by atoms with Crippen molar-refractivity contribution in [1.29, 1.82) is 0 Å². The largest absolute Gasteiger partial charge is 0.504 e. The number of methoxy groups -OCH3 is 1. The summed E-state index contributed by atoms with van der Waals surface area (Å²) in [5.74, 6) is 0. The summed E-state index contributed by atoms with van der Waals surface area (Å²) in [5, 5.41) is 0.784. The molecule has 0 spiro atoms. The third-order valence-electron chi connectivity index (χ3n) is 3.55. The molecule has 20 heavy (non-hydrogen) atoms. The van der Waals surface area contributed by atoms with E-state index in [1.807, 2.05) is 30.5 Å². The molecule has 0 N–H and O–H groups in total. The van der Waals surface area contributed by atoms with Crippen molar-refractivity contribution in [3.63, 3.8) is 0 Å². The molecule has 1 heterocycles. The van der Waals surface area contributed by atoms with E-state index in [4.69, 9.17) is 16.3 Å². The fraction of sp³-hybridized carbons (Fsp3) is 0.412. The van der Waals surface area contributed by atoms with Crippen LogP contribution in [0.4, 0.5) is 0 Å². The Kier molecular flexibility index (Phi) is 6.16. The highest BCUT2D eigenvalue weighted by molar-refractivity contribution is 6.30. The average Bonchev–Trinajstić information content (AvgIpc) is 2.67. The lowest BCUT2D eigenvalue weighted by Gasteiger charge is -2.16. The maximum Gasteiger partial charge on any atom is 0.0817 e. The number of benzene rings is 1. The number of ether oxygens (including phenoxy) is 1. The number of rotatable bonds is 4. The minimum atomic E-state index is 0.784. The number of hydrogen-bond acceptors (Lipinski definition) is 2. The number of halogens is 1. The van der Waals surface area contributed by atoms with E-state index in [1.165, 1.54) is 17.6 Å². The molecule has 0 atom stereocenters. The molecule has 1 fully saturated rings. The molecule has 2 nitrogen and oxygen atoms in total. The van der Waals surface area contributed by atoms with E-state index in [0.717, 1.165) is 37.5 Å². The minimum Gasteiger partial charge on any atom is -0.504 e. The molecule has 1 aromatic carbocycles. The lowest BCUT2D eigenvalue weighted by Crippen LogP contribution is -2.24. The van der Waals surface area contributed by atoms with Crippen molar-refractivity contribution in [3.05, 3.63) is 52.8 Å². The van der Waals surface area contributed by atoms with Gasteiger partial charge in [0.1, 0.15) is 0 Å². The fourth-order valence-corrected chi connectivity index (χ4v) is 2.57. The second-order valence-electron chi connectivity index (χ2n) is 5.12. The first kappa shape index (κ1) is 15.1. The highest BCUT2D eigenvalue weighted by atomic mass is 35.5. The van der Waals surface area contributed by atoms with Gasteiger partial charge in [-0.05, 0) is 49.1 Å². The molecular formula is C17H22ClNO. The van der Waals surface area contributed by atoms with Crippen LogP contribution in [0.3, 0.4) is 0 Å². The van der Waals surface area contributed by atoms with E-state index in [1.54, 1.807) is 7.11 Å². The van der Waals surface area contributed by atoms with E-state index in [0.29, 0.717) is 0 Å². The van der Waals surface area contributed by atoms with Crippen LogP contribution in [-0.4, -0.2) is 31.6 Å². The summed E-state index contributed by atoms with van der Waals surface area (Å²) in [6.45, 7) is 3.27. The van der Waals surface area contributed by atoms with Gasteiger partial charge in [0.25, 0.3) is 0 Å². The first-order valence-corrected chi connectivity index (χ1v) is 7.51. The van der Waals surface area contributed by atoms with Gasteiger partial charge in [-0.15, -0.1) is 0 Å². The van der Waals surface area contributed by atoms with Gasteiger partial charge in [0, 0.05) is 18.1 Å². The van der Waals surface area contributed by atoms with E-state index in [9.17, 15) is 0 Å².